The third-order valence-electron chi connectivity index (χ3n) is 1.02. The molecule has 0 fully saturated rings. The molecule has 5 nitrogen and oxygen atoms in total. The van der Waals surface area contributed by atoms with E-state index in [0.717, 1.165) is 0 Å². The van der Waals surface area contributed by atoms with Crippen molar-refractivity contribution in [2.45, 2.75) is 20.8 Å². The van der Waals surface area contributed by atoms with Gasteiger partial charge in [0.15, 0.2) is 6.79 Å². The van der Waals surface area contributed by atoms with Gasteiger partial charge in [-0.2, -0.15) is 0 Å². The third kappa shape index (κ3) is 5.12. The van der Waals surface area contributed by atoms with Crippen LogP contribution >= 0.6 is 0 Å². The number of rotatable bonds is 3. The van der Waals surface area contributed by atoms with Crippen LogP contribution < -0.4 is 0 Å². The van der Waals surface area contributed by atoms with Crippen molar-refractivity contribution in [3.05, 3.63) is 0 Å². The maximum atomic E-state index is 11.0. The Bertz CT molecular complexity index is 151. The van der Waals surface area contributed by atoms with Gasteiger partial charge in [-0.1, -0.05) is 0 Å². The summed E-state index contributed by atoms with van der Waals surface area (Å²) in [6.07, 6.45) is 0. The van der Waals surface area contributed by atoms with Gasteiger partial charge in [0, 0.05) is 0 Å². The molecule has 0 saturated heterocycles. The van der Waals surface area contributed by atoms with Crippen molar-refractivity contribution in [2.75, 3.05) is 6.79 Å². The summed E-state index contributed by atoms with van der Waals surface area (Å²) in [5.74, 6) is -0.455. The molecule has 0 heterocycles. The van der Waals surface area contributed by atoms with E-state index in [9.17, 15) is 4.79 Å². The minimum atomic E-state index is -1.90. The number of hydrogen-bond donors (Lipinski definition) is 2. The molecule has 0 aliphatic carbocycles. The van der Waals surface area contributed by atoms with Gasteiger partial charge in [0.2, 0.25) is 0 Å². The number of ether oxygens (including phenoxy) is 1. The van der Waals surface area contributed by atoms with E-state index in [-0.39, 0.29) is 0 Å². The Morgan fingerprint density at radius 3 is 2.25 bits per heavy atom. The van der Waals surface area contributed by atoms with Crippen LogP contribution in [-0.4, -0.2) is 30.1 Å². The van der Waals surface area contributed by atoms with Crippen molar-refractivity contribution in [2.24, 2.45) is 5.41 Å². The van der Waals surface area contributed by atoms with Crippen molar-refractivity contribution < 1.29 is 24.2 Å². The van der Waals surface area contributed by atoms with E-state index < -0.39 is 25.5 Å². The first kappa shape index (κ1) is 11.4. The molecule has 0 spiro atoms. The minimum absolute atomic E-state index is 0.451. The summed E-state index contributed by atoms with van der Waals surface area (Å²) in [6.45, 7) is 4.61. The molecule has 2 N–H and O–H groups in total. The molecule has 0 unspecified atom stereocenters. The SMILES string of the molecule is CC(C)(C)C(=O)OCOB(O)O. The van der Waals surface area contributed by atoms with Crippen molar-refractivity contribution in [3.63, 3.8) is 0 Å². The number of carbonyl (C=O) groups excluding carboxylic acids is 1. The van der Waals surface area contributed by atoms with Gasteiger partial charge >= 0.3 is 13.3 Å². The van der Waals surface area contributed by atoms with Gasteiger partial charge in [-0.3, -0.25) is 4.79 Å². The van der Waals surface area contributed by atoms with Crippen LogP contribution in [-0.2, 0) is 14.2 Å². The molecule has 70 valence electrons. The monoisotopic (exact) mass is 176 g/mol. The Balaban J connectivity index is 3.59. The molecule has 0 amide bonds. The Kier molecular flexibility index (Phi) is 4.23. The molecule has 6 heteroatoms. The van der Waals surface area contributed by atoms with Crippen LogP contribution in [0.2, 0.25) is 0 Å². The van der Waals surface area contributed by atoms with Crippen LogP contribution in [0.15, 0.2) is 0 Å². The molecule has 0 aromatic heterocycles. The predicted octanol–water partition coefficient (Wildman–Crippen LogP) is -0.481. The van der Waals surface area contributed by atoms with Crippen LogP contribution in [0.25, 0.3) is 0 Å². The van der Waals surface area contributed by atoms with Gasteiger partial charge in [-0.25, -0.2) is 0 Å². The summed E-state index contributed by atoms with van der Waals surface area (Å²) in [5, 5.41) is 16.4. The zero-order valence-corrected chi connectivity index (χ0v) is 7.40. The normalized spacial score (nSPS) is 11.1. The van der Waals surface area contributed by atoms with E-state index in [0.29, 0.717) is 0 Å². The Hall–Kier alpha value is -0.585. The third-order valence-corrected chi connectivity index (χ3v) is 1.02. The molecule has 0 radical (unpaired) electrons. The predicted molar refractivity (Wildman–Crippen MR) is 41.7 cm³/mol. The van der Waals surface area contributed by atoms with Crippen molar-refractivity contribution in [3.8, 4) is 0 Å². The maximum absolute atomic E-state index is 11.0. The van der Waals surface area contributed by atoms with Crippen LogP contribution in [0, 0.1) is 5.41 Å². The molecule has 0 aromatic carbocycles. The van der Waals surface area contributed by atoms with Gasteiger partial charge in [0.25, 0.3) is 0 Å². The molecular weight excluding hydrogens is 163 g/mol. The minimum Gasteiger partial charge on any atom is -0.439 e. The summed E-state index contributed by atoms with van der Waals surface area (Å²) in [5.41, 5.74) is -0.607. The summed E-state index contributed by atoms with van der Waals surface area (Å²) >= 11 is 0. The fourth-order valence-electron chi connectivity index (χ4n) is 0.365. The van der Waals surface area contributed by atoms with Crippen LogP contribution in [0.5, 0.6) is 0 Å². The van der Waals surface area contributed by atoms with Crippen LogP contribution in [0.1, 0.15) is 20.8 Å². The van der Waals surface area contributed by atoms with E-state index in [1.165, 1.54) is 0 Å². The molecule has 0 aliphatic heterocycles. The Labute approximate surface area is 71.5 Å². The lowest BCUT2D eigenvalue weighted by atomic mass is 9.98. The topological polar surface area (TPSA) is 76.0 Å². The molecule has 0 aliphatic rings. The Morgan fingerprint density at radius 1 is 1.42 bits per heavy atom. The van der Waals surface area contributed by atoms with Gasteiger partial charge in [0.05, 0.1) is 5.41 Å². The quantitative estimate of drug-likeness (QED) is 0.345. The lowest BCUT2D eigenvalue weighted by molar-refractivity contribution is -0.161. The molecule has 0 rings (SSSR count). The van der Waals surface area contributed by atoms with Crippen molar-refractivity contribution >= 4 is 13.3 Å². The second-order valence-corrected chi connectivity index (χ2v) is 3.29. The first-order chi connectivity index (χ1) is 5.34. The van der Waals surface area contributed by atoms with E-state index in [1.54, 1.807) is 20.8 Å². The number of hydrogen-bond acceptors (Lipinski definition) is 5. The van der Waals surface area contributed by atoms with Crippen molar-refractivity contribution in [1.29, 1.82) is 0 Å². The number of esters is 1. The standard InChI is InChI=1S/C6H13BO5/c1-6(2,3)5(8)11-4-12-7(9)10/h9-10H,4H2,1-3H3. The smallest absolute Gasteiger partial charge is 0.439 e. The van der Waals surface area contributed by atoms with E-state index in [1.807, 2.05) is 0 Å². The maximum Gasteiger partial charge on any atom is 0.636 e. The molecule has 0 saturated carbocycles. The zero-order chi connectivity index (χ0) is 9.78. The molecule has 0 atom stereocenters. The Morgan fingerprint density at radius 2 is 1.92 bits per heavy atom. The molecular formula is C6H13BO5. The highest BCUT2D eigenvalue weighted by molar-refractivity contribution is 6.32. The molecule has 0 bridgehead atoms. The van der Waals surface area contributed by atoms with Crippen LogP contribution in [0.4, 0.5) is 0 Å². The zero-order valence-electron chi connectivity index (χ0n) is 7.40. The second-order valence-electron chi connectivity index (χ2n) is 3.29. The van der Waals surface area contributed by atoms with E-state index >= 15 is 0 Å². The molecule has 12 heavy (non-hydrogen) atoms. The van der Waals surface area contributed by atoms with Crippen molar-refractivity contribution in [1.82, 2.24) is 0 Å². The largest absolute Gasteiger partial charge is 0.636 e. The second kappa shape index (κ2) is 4.44. The summed E-state index contributed by atoms with van der Waals surface area (Å²) in [6, 6.07) is 0. The fraction of sp³-hybridized carbons (Fsp3) is 0.833. The van der Waals surface area contributed by atoms with Gasteiger partial charge in [0.1, 0.15) is 0 Å². The molecule has 0 aromatic rings. The lowest BCUT2D eigenvalue weighted by Crippen LogP contribution is -2.26. The summed E-state index contributed by atoms with van der Waals surface area (Å²) < 4.78 is 8.71. The average molecular weight is 176 g/mol. The average Bonchev–Trinajstić information content (AvgIpc) is 1.84. The van der Waals surface area contributed by atoms with Gasteiger partial charge in [-0.05, 0) is 20.8 Å². The van der Waals surface area contributed by atoms with E-state index in [2.05, 4.69) is 9.39 Å². The summed E-state index contributed by atoms with van der Waals surface area (Å²) in [4.78, 5) is 11.0. The highest BCUT2D eigenvalue weighted by Crippen LogP contribution is 2.14. The lowest BCUT2D eigenvalue weighted by Gasteiger charge is -2.16. The fourth-order valence-corrected chi connectivity index (χ4v) is 0.365. The first-order valence-corrected chi connectivity index (χ1v) is 3.49. The van der Waals surface area contributed by atoms with Gasteiger partial charge in [-0.15, -0.1) is 0 Å². The number of carbonyl (C=O) groups is 1. The highest BCUT2D eigenvalue weighted by Gasteiger charge is 2.23. The van der Waals surface area contributed by atoms with Crippen LogP contribution in [0.3, 0.4) is 0 Å². The van der Waals surface area contributed by atoms with Gasteiger partial charge < -0.3 is 19.4 Å². The summed E-state index contributed by atoms with van der Waals surface area (Å²) in [7, 11) is -1.90. The van der Waals surface area contributed by atoms with E-state index in [4.69, 9.17) is 10.0 Å². The first-order valence-electron chi connectivity index (χ1n) is 3.49. The highest BCUT2D eigenvalue weighted by atomic mass is 16.7.